The van der Waals surface area contributed by atoms with Crippen molar-refractivity contribution < 1.29 is 14.6 Å². The topological polar surface area (TPSA) is 49.8 Å². The van der Waals surface area contributed by atoms with Gasteiger partial charge < -0.3 is 14.7 Å². The number of rotatable bonds is 4. The first-order chi connectivity index (χ1) is 13.6. The Morgan fingerprint density at radius 3 is 1.82 bits per heavy atom. The maximum atomic E-state index is 13.7. The molecule has 1 fully saturated rings. The molecule has 4 rings (SSSR count). The van der Waals surface area contributed by atoms with Gasteiger partial charge in [-0.15, -0.1) is 0 Å². The fourth-order valence-corrected chi connectivity index (χ4v) is 4.05. The third-order valence-electron chi connectivity index (χ3n) is 5.47. The van der Waals surface area contributed by atoms with E-state index < -0.39 is 11.2 Å². The van der Waals surface area contributed by atoms with Gasteiger partial charge in [-0.1, -0.05) is 91.0 Å². The van der Waals surface area contributed by atoms with E-state index in [1.807, 2.05) is 91.0 Å². The van der Waals surface area contributed by atoms with Gasteiger partial charge in [-0.2, -0.15) is 0 Å². The third-order valence-corrected chi connectivity index (χ3v) is 5.47. The molecular formula is C24H23NO3. The van der Waals surface area contributed by atoms with Gasteiger partial charge in [-0.3, -0.25) is 4.79 Å². The van der Waals surface area contributed by atoms with Crippen LogP contribution in [-0.4, -0.2) is 36.1 Å². The number of hydrogen-bond donors (Lipinski definition) is 1. The largest absolute Gasteiger partial charge is 0.376 e. The number of benzene rings is 3. The predicted molar refractivity (Wildman–Crippen MR) is 108 cm³/mol. The molecule has 1 heterocycles. The molecule has 0 radical (unpaired) electrons. The number of likely N-dealkylation sites (N-methyl/N-ethyl adjacent to an activating group) is 1. The Morgan fingerprint density at radius 1 is 0.857 bits per heavy atom. The summed E-state index contributed by atoms with van der Waals surface area (Å²) in [6.07, 6.45) is 0. The summed E-state index contributed by atoms with van der Waals surface area (Å²) in [6, 6.07) is 27.9. The number of amides is 1. The van der Waals surface area contributed by atoms with Crippen molar-refractivity contribution in [3.63, 3.8) is 0 Å². The lowest BCUT2D eigenvalue weighted by Crippen LogP contribution is -2.64. The molecule has 1 aliphatic heterocycles. The minimum absolute atomic E-state index is 0.264. The first-order valence-electron chi connectivity index (χ1n) is 9.39. The van der Waals surface area contributed by atoms with Crippen LogP contribution in [0.5, 0.6) is 0 Å². The molecular weight excluding hydrogens is 350 g/mol. The van der Waals surface area contributed by atoms with Crippen molar-refractivity contribution in [1.82, 2.24) is 4.90 Å². The average Bonchev–Trinajstić information content (AvgIpc) is 2.77. The zero-order valence-electron chi connectivity index (χ0n) is 15.8. The highest BCUT2D eigenvalue weighted by Crippen LogP contribution is 2.50. The SMILES string of the molecule is CN1CCO[C@](c2ccccc2)(C(O)(c2ccccc2)c2ccccc2)C1=O. The molecule has 28 heavy (non-hydrogen) atoms. The van der Waals surface area contributed by atoms with E-state index in [0.29, 0.717) is 29.8 Å². The van der Waals surface area contributed by atoms with Gasteiger partial charge in [-0.25, -0.2) is 0 Å². The number of ether oxygens (including phenoxy) is 1. The predicted octanol–water partition coefficient (Wildman–Crippen LogP) is 3.31. The van der Waals surface area contributed by atoms with E-state index in [9.17, 15) is 9.90 Å². The molecule has 3 aromatic rings. The maximum absolute atomic E-state index is 13.7. The summed E-state index contributed by atoms with van der Waals surface area (Å²) >= 11 is 0. The Morgan fingerprint density at radius 2 is 1.32 bits per heavy atom. The van der Waals surface area contributed by atoms with Crippen LogP contribution in [0.1, 0.15) is 16.7 Å². The summed E-state index contributed by atoms with van der Waals surface area (Å²) in [4.78, 5) is 15.3. The molecule has 4 heteroatoms. The van der Waals surface area contributed by atoms with E-state index in [1.165, 1.54) is 0 Å². The summed E-state index contributed by atoms with van der Waals surface area (Å²) in [7, 11) is 1.75. The second-order valence-electron chi connectivity index (χ2n) is 7.06. The lowest BCUT2D eigenvalue weighted by molar-refractivity contribution is -0.214. The Bertz CT molecular complexity index is 904. The molecule has 0 bridgehead atoms. The van der Waals surface area contributed by atoms with Gasteiger partial charge in [0.05, 0.1) is 6.61 Å². The number of carbonyl (C=O) groups excluding carboxylic acids is 1. The quantitative estimate of drug-likeness (QED) is 0.763. The second-order valence-corrected chi connectivity index (χ2v) is 7.06. The van der Waals surface area contributed by atoms with Crippen LogP contribution in [0.2, 0.25) is 0 Å². The molecule has 1 saturated heterocycles. The van der Waals surface area contributed by atoms with Gasteiger partial charge in [0.1, 0.15) is 0 Å². The first-order valence-corrected chi connectivity index (χ1v) is 9.39. The Labute approximate surface area is 165 Å². The van der Waals surface area contributed by atoms with Gasteiger partial charge >= 0.3 is 0 Å². The molecule has 1 N–H and O–H groups in total. The fourth-order valence-electron chi connectivity index (χ4n) is 4.05. The van der Waals surface area contributed by atoms with E-state index in [0.717, 1.165) is 0 Å². The molecule has 142 valence electrons. The third kappa shape index (κ3) is 2.65. The number of nitrogens with zero attached hydrogens (tertiary/aromatic N) is 1. The first kappa shape index (κ1) is 18.4. The molecule has 0 saturated carbocycles. The minimum atomic E-state index is -1.71. The van der Waals surface area contributed by atoms with Crippen molar-refractivity contribution in [2.75, 3.05) is 20.2 Å². The van der Waals surface area contributed by atoms with E-state index >= 15 is 0 Å². The summed E-state index contributed by atoms with van der Waals surface area (Å²) in [5.41, 5.74) is -1.46. The van der Waals surface area contributed by atoms with E-state index in [1.54, 1.807) is 11.9 Å². The molecule has 3 aromatic carbocycles. The Balaban J connectivity index is 2.08. The second kappa shape index (κ2) is 7.23. The molecule has 0 aliphatic carbocycles. The van der Waals surface area contributed by atoms with E-state index in [2.05, 4.69) is 0 Å². The van der Waals surface area contributed by atoms with Crippen molar-refractivity contribution in [3.05, 3.63) is 108 Å². The van der Waals surface area contributed by atoms with Gasteiger partial charge in [0.15, 0.2) is 5.60 Å². The van der Waals surface area contributed by atoms with Crippen LogP contribution < -0.4 is 0 Å². The Kier molecular flexibility index (Phi) is 4.75. The highest BCUT2D eigenvalue weighted by atomic mass is 16.5. The standard InChI is InChI=1S/C24H23NO3/c1-25-17-18-28-24(22(25)26,21-15-9-4-10-16-21)23(27,19-11-5-2-6-12-19)20-13-7-3-8-14-20/h2-16,27H,17-18H2,1H3/t24-/m0/s1. The van der Waals surface area contributed by atoms with Crippen LogP contribution in [0.15, 0.2) is 91.0 Å². The van der Waals surface area contributed by atoms with E-state index in [4.69, 9.17) is 4.74 Å². The highest BCUT2D eigenvalue weighted by Gasteiger charge is 2.62. The van der Waals surface area contributed by atoms with E-state index in [-0.39, 0.29) is 5.91 Å². The van der Waals surface area contributed by atoms with Crippen LogP contribution in [0.25, 0.3) is 0 Å². The monoisotopic (exact) mass is 373 g/mol. The van der Waals surface area contributed by atoms with Crippen LogP contribution in [0.3, 0.4) is 0 Å². The number of aliphatic hydroxyl groups is 1. The average molecular weight is 373 g/mol. The number of hydrogen-bond acceptors (Lipinski definition) is 3. The van der Waals surface area contributed by atoms with Crippen LogP contribution in [-0.2, 0) is 20.7 Å². The molecule has 4 nitrogen and oxygen atoms in total. The van der Waals surface area contributed by atoms with Gasteiger partial charge in [0, 0.05) is 13.6 Å². The summed E-state index contributed by atoms with van der Waals surface area (Å²) < 4.78 is 6.27. The summed E-state index contributed by atoms with van der Waals surface area (Å²) in [5.74, 6) is -0.264. The molecule has 1 amide bonds. The molecule has 0 aromatic heterocycles. The van der Waals surface area contributed by atoms with Crippen LogP contribution in [0.4, 0.5) is 0 Å². The zero-order chi connectivity index (χ0) is 19.6. The molecule has 0 spiro atoms. The smallest absolute Gasteiger partial charge is 0.263 e. The highest BCUT2D eigenvalue weighted by molar-refractivity contribution is 5.90. The normalized spacial score (nSPS) is 20.2. The van der Waals surface area contributed by atoms with Crippen molar-refractivity contribution in [2.45, 2.75) is 11.2 Å². The van der Waals surface area contributed by atoms with Crippen molar-refractivity contribution >= 4 is 5.91 Å². The van der Waals surface area contributed by atoms with Gasteiger partial charge in [0.2, 0.25) is 5.60 Å². The summed E-state index contributed by atoms with van der Waals surface area (Å²) in [6.45, 7) is 0.812. The zero-order valence-corrected chi connectivity index (χ0v) is 15.8. The molecule has 0 unspecified atom stereocenters. The van der Waals surface area contributed by atoms with Gasteiger partial charge in [-0.05, 0) is 16.7 Å². The number of carbonyl (C=O) groups is 1. The van der Waals surface area contributed by atoms with Crippen molar-refractivity contribution in [3.8, 4) is 0 Å². The number of morpholine rings is 1. The lowest BCUT2D eigenvalue weighted by Gasteiger charge is -2.50. The minimum Gasteiger partial charge on any atom is -0.376 e. The van der Waals surface area contributed by atoms with Crippen molar-refractivity contribution in [2.24, 2.45) is 0 Å². The maximum Gasteiger partial charge on any atom is 0.263 e. The van der Waals surface area contributed by atoms with Crippen LogP contribution >= 0.6 is 0 Å². The molecule has 1 aliphatic rings. The molecule has 1 atom stereocenters. The Hall–Kier alpha value is -2.95. The summed E-state index contributed by atoms with van der Waals surface area (Å²) in [5, 5.41) is 12.4. The van der Waals surface area contributed by atoms with Gasteiger partial charge in [0.25, 0.3) is 5.91 Å². The van der Waals surface area contributed by atoms with Crippen molar-refractivity contribution in [1.29, 1.82) is 0 Å². The fraction of sp³-hybridized carbons (Fsp3) is 0.208. The van der Waals surface area contributed by atoms with Crippen LogP contribution in [0, 0.1) is 0 Å². The lowest BCUT2D eigenvalue weighted by atomic mass is 9.68.